The van der Waals surface area contributed by atoms with Gasteiger partial charge in [-0.15, -0.1) is 0 Å². The third-order valence-corrected chi connectivity index (χ3v) is 4.29. The Morgan fingerprint density at radius 2 is 2.10 bits per heavy atom. The van der Waals surface area contributed by atoms with Crippen molar-refractivity contribution >= 4 is 34.9 Å². The first-order chi connectivity index (χ1) is 9.40. The lowest BCUT2D eigenvalue weighted by Gasteiger charge is -2.23. The minimum absolute atomic E-state index is 0.0724. The number of nitrogens with two attached hydrogens (primary N) is 1. The average Bonchev–Trinajstić information content (AvgIpc) is 2.87. The van der Waals surface area contributed by atoms with Crippen LogP contribution in [0.1, 0.15) is 23.7 Å². The maximum absolute atomic E-state index is 12.5. The van der Waals surface area contributed by atoms with Crippen molar-refractivity contribution < 1.29 is 9.59 Å². The van der Waals surface area contributed by atoms with Crippen LogP contribution in [-0.4, -0.2) is 35.7 Å². The van der Waals surface area contributed by atoms with Gasteiger partial charge in [0.1, 0.15) is 0 Å². The van der Waals surface area contributed by atoms with Crippen molar-refractivity contribution in [2.75, 3.05) is 13.1 Å². The van der Waals surface area contributed by atoms with Crippen molar-refractivity contribution in [2.24, 2.45) is 11.7 Å². The summed E-state index contributed by atoms with van der Waals surface area (Å²) < 4.78 is 0. The number of nitrogens with zero attached hydrogens (tertiary/aromatic N) is 1. The molecule has 0 aromatic heterocycles. The van der Waals surface area contributed by atoms with E-state index in [1.807, 2.05) is 11.8 Å². The highest BCUT2D eigenvalue weighted by molar-refractivity contribution is 6.37. The minimum Gasteiger partial charge on any atom is -0.369 e. The van der Waals surface area contributed by atoms with Crippen LogP contribution in [0.2, 0.25) is 10.0 Å². The van der Waals surface area contributed by atoms with Crippen LogP contribution in [0, 0.1) is 5.92 Å². The molecule has 108 valence electrons. The third-order valence-electron chi connectivity index (χ3n) is 3.75. The summed E-state index contributed by atoms with van der Waals surface area (Å²) in [4.78, 5) is 25.6. The molecule has 0 bridgehead atoms. The molecule has 1 fully saturated rings. The maximum Gasteiger partial charge on any atom is 0.221 e. The first kappa shape index (κ1) is 15.3. The maximum atomic E-state index is 12.5. The van der Waals surface area contributed by atoms with Crippen LogP contribution in [0.4, 0.5) is 0 Å². The van der Waals surface area contributed by atoms with Gasteiger partial charge in [0.05, 0.1) is 17.0 Å². The molecule has 0 saturated carbocycles. The smallest absolute Gasteiger partial charge is 0.221 e. The second-order valence-corrected chi connectivity index (χ2v) is 5.89. The van der Waals surface area contributed by atoms with Gasteiger partial charge in [0.25, 0.3) is 0 Å². The Kier molecular flexibility index (Phi) is 4.68. The number of primary amides is 1. The van der Waals surface area contributed by atoms with Crippen molar-refractivity contribution in [3.8, 4) is 0 Å². The van der Waals surface area contributed by atoms with E-state index in [1.165, 1.54) is 0 Å². The summed E-state index contributed by atoms with van der Waals surface area (Å²) in [5, 5.41) is 0.842. The fourth-order valence-electron chi connectivity index (χ4n) is 2.45. The number of hydrogen-bond donors (Lipinski definition) is 1. The second kappa shape index (κ2) is 6.12. The third kappa shape index (κ3) is 3.14. The Labute approximate surface area is 127 Å². The summed E-state index contributed by atoms with van der Waals surface area (Å²) in [6, 6.07) is 4.49. The molecule has 0 radical (unpaired) electrons. The van der Waals surface area contributed by atoms with Gasteiger partial charge in [-0.1, -0.05) is 23.2 Å². The molecule has 1 aromatic rings. The Balaban J connectivity index is 2.11. The van der Waals surface area contributed by atoms with E-state index in [9.17, 15) is 9.59 Å². The molecule has 1 saturated heterocycles. The normalized spacial score (nSPS) is 20.9. The highest BCUT2D eigenvalue weighted by atomic mass is 35.5. The van der Waals surface area contributed by atoms with Crippen molar-refractivity contribution in [3.05, 3.63) is 33.8 Å². The number of carbonyl (C=O) groups excluding carboxylic acids is 2. The molecule has 0 spiro atoms. The van der Waals surface area contributed by atoms with Crippen LogP contribution >= 0.6 is 23.2 Å². The van der Waals surface area contributed by atoms with Crippen molar-refractivity contribution in [3.63, 3.8) is 0 Å². The van der Waals surface area contributed by atoms with E-state index in [1.54, 1.807) is 18.2 Å². The van der Waals surface area contributed by atoms with Gasteiger partial charge in [-0.25, -0.2) is 0 Å². The van der Waals surface area contributed by atoms with Crippen molar-refractivity contribution in [1.82, 2.24) is 4.90 Å². The molecule has 1 amide bonds. The summed E-state index contributed by atoms with van der Waals surface area (Å²) in [5.74, 6) is -0.556. The lowest BCUT2D eigenvalue weighted by atomic mass is 10.0. The summed E-state index contributed by atoms with van der Waals surface area (Å²) >= 11 is 11.9. The first-order valence-corrected chi connectivity index (χ1v) is 7.18. The summed E-state index contributed by atoms with van der Waals surface area (Å²) in [7, 11) is 0. The Hall–Kier alpha value is -1.10. The number of halogens is 2. The van der Waals surface area contributed by atoms with Crippen molar-refractivity contribution in [1.29, 1.82) is 0 Å². The van der Waals surface area contributed by atoms with Gasteiger partial charge in [0.15, 0.2) is 5.78 Å². The number of hydrogen-bond acceptors (Lipinski definition) is 3. The largest absolute Gasteiger partial charge is 0.369 e. The Bertz CT molecular complexity index is 548. The van der Waals surface area contributed by atoms with E-state index in [0.717, 1.165) is 0 Å². The SMILES string of the molecule is CC(C(=O)c1ccc(Cl)cc1Cl)N1CCC(C(N)=O)C1. The van der Waals surface area contributed by atoms with E-state index in [2.05, 4.69) is 0 Å². The van der Waals surface area contributed by atoms with Gasteiger partial charge in [0.2, 0.25) is 5.91 Å². The lowest BCUT2D eigenvalue weighted by molar-refractivity contribution is -0.121. The predicted octanol–water partition coefficient (Wildman–Crippen LogP) is 2.37. The number of Topliss-reactive ketones (excluding diaryl/α,β-unsaturated/α-hetero) is 1. The fourth-order valence-corrected chi connectivity index (χ4v) is 2.95. The van der Waals surface area contributed by atoms with Gasteiger partial charge < -0.3 is 5.73 Å². The fraction of sp³-hybridized carbons (Fsp3) is 0.429. The molecule has 4 nitrogen and oxygen atoms in total. The predicted molar refractivity (Wildman–Crippen MR) is 79.1 cm³/mol. The van der Waals surface area contributed by atoms with Crippen LogP contribution in [0.15, 0.2) is 18.2 Å². The number of ketones is 1. The molecule has 6 heteroatoms. The highest BCUT2D eigenvalue weighted by Crippen LogP contribution is 2.25. The molecule has 20 heavy (non-hydrogen) atoms. The van der Waals surface area contributed by atoms with Crippen LogP contribution in [0.5, 0.6) is 0 Å². The van der Waals surface area contributed by atoms with Gasteiger partial charge in [-0.3, -0.25) is 14.5 Å². The average molecular weight is 315 g/mol. The minimum atomic E-state index is -0.335. The zero-order chi connectivity index (χ0) is 14.9. The first-order valence-electron chi connectivity index (χ1n) is 6.42. The summed E-state index contributed by atoms with van der Waals surface area (Å²) in [6.07, 6.45) is 0.696. The van der Waals surface area contributed by atoms with Crippen LogP contribution in [0.25, 0.3) is 0 Å². The van der Waals surface area contributed by atoms with Gasteiger partial charge in [-0.2, -0.15) is 0 Å². The molecule has 1 aliphatic heterocycles. The molecular formula is C14H16Cl2N2O2. The number of carbonyl (C=O) groups is 2. The number of likely N-dealkylation sites (tertiary alicyclic amines) is 1. The van der Waals surface area contributed by atoms with Gasteiger partial charge >= 0.3 is 0 Å². The lowest BCUT2D eigenvalue weighted by Crippen LogP contribution is -2.38. The second-order valence-electron chi connectivity index (χ2n) is 5.05. The molecule has 1 aliphatic rings. The van der Waals surface area contributed by atoms with Gasteiger partial charge in [0, 0.05) is 17.1 Å². The van der Waals surface area contributed by atoms with E-state index in [4.69, 9.17) is 28.9 Å². The number of benzene rings is 1. The quantitative estimate of drug-likeness (QED) is 0.868. The van der Waals surface area contributed by atoms with E-state index in [-0.39, 0.29) is 23.7 Å². The summed E-state index contributed by atoms with van der Waals surface area (Å²) in [6.45, 7) is 3.02. The molecule has 0 aliphatic carbocycles. The molecule has 1 heterocycles. The van der Waals surface area contributed by atoms with E-state index < -0.39 is 0 Å². The monoisotopic (exact) mass is 314 g/mol. The van der Waals surface area contributed by atoms with E-state index >= 15 is 0 Å². The zero-order valence-corrected chi connectivity index (χ0v) is 12.6. The van der Waals surface area contributed by atoms with E-state index in [0.29, 0.717) is 35.1 Å². The standard InChI is InChI=1S/C14H16Cl2N2O2/c1-8(18-5-4-9(7-18)14(17)20)13(19)11-3-2-10(15)6-12(11)16/h2-3,6,8-9H,4-5,7H2,1H3,(H2,17,20). The topological polar surface area (TPSA) is 63.4 Å². The molecule has 2 N–H and O–H groups in total. The molecule has 2 atom stereocenters. The van der Waals surface area contributed by atoms with Crippen LogP contribution in [0.3, 0.4) is 0 Å². The zero-order valence-electron chi connectivity index (χ0n) is 11.1. The summed E-state index contributed by atoms with van der Waals surface area (Å²) in [5.41, 5.74) is 5.75. The Morgan fingerprint density at radius 3 is 2.65 bits per heavy atom. The molecule has 2 unspecified atom stereocenters. The Morgan fingerprint density at radius 1 is 1.40 bits per heavy atom. The van der Waals surface area contributed by atoms with Crippen molar-refractivity contribution in [2.45, 2.75) is 19.4 Å². The van der Waals surface area contributed by atoms with Crippen LogP contribution in [-0.2, 0) is 4.79 Å². The van der Waals surface area contributed by atoms with Crippen LogP contribution < -0.4 is 5.73 Å². The number of rotatable bonds is 4. The number of amides is 1. The van der Waals surface area contributed by atoms with Gasteiger partial charge in [-0.05, 0) is 38.1 Å². The molecular weight excluding hydrogens is 299 g/mol. The molecule has 2 rings (SSSR count). The molecule has 1 aromatic carbocycles. The highest BCUT2D eigenvalue weighted by Gasteiger charge is 2.32.